The average molecular weight is 266 g/mol. The summed E-state index contributed by atoms with van der Waals surface area (Å²) < 4.78 is 28.2. The van der Waals surface area contributed by atoms with E-state index in [1.54, 1.807) is 18.2 Å². The minimum Gasteiger partial charge on any atom is -0.307 e. The number of nitrogens with one attached hydrogen (secondary N) is 1. The summed E-state index contributed by atoms with van der Waals surface area (Å²) in [6.45, 7) is 2.94. The van der Waals surface area contributed by atoms with Crippen molar-refractivity contribution in [3.63, 3.8) is 0 Å². The van der Waals surface area contributed by atoms with Gasteiger partial charge in [0.1, 0.15) is 0 Å². The van der Waals surface area contributed by atoms with Crippen LogP contribution in [0.25, 0.3) is 0 Å². The van der Waals surface area contributed by atoms with Crippen LogP contribution in [0.4, 0.5) is 8.78 Å². The normalized spacial score (nSPS) is 30.5. The monoisotopic (exact) mass is 266 g/mol. The summed E-state index contributed by atoms with van der Waals surface area (Å²) in [6.07, 6.45) is 2.29. The van der Waals surface area contributed by atoms with Crippen molar-refractivity contribution in [2.24, 2.45) is 5.92 Å². The molecule has 1 aromatic carbocycles. The summed E-state index contributed by atoms with van der Waals surface area (Å²) >= 11 is 0. The molecular weight excluding hydrogens is 246 g/mol. The number of nitrogens with zero attached hydrogens (tertiary/aromatic N) is 1. The van der Waals surface area contributed by atoms with E-state index in [2.05, 4.69) is 10.2 Å². The Morgan fingerprint density at radius 2 is 1.84 bits per heavy atom. The van der Waals surface area contributed by atoms with E-state index < -0.39 is 5.92 Å². The van der Waals surface area contributed by atoms with Crippen LogP contribution in [0.3, 0.4) is 0 Å². The molecule has 4 heteroatoms. The number of alkyl halides is 2. The van der Waals surface area contributed by atoms with Crippen molar-refractivity contribution in [1.82, 2.24) is 10.2 Å². The fourth-order valence-corrected chi connectivity index (χ4v) is 3.24. The SMILES string of the molecule is FC(F)(CNC1CN2CCC1CC2)c1ccccc1. The lowest BCUT2D eigenvalue weighted by Gasteiger charge is -2.45. The van der Waals surface area contributed by atoms with E-state index in [0.29, 0.717) is 5.92 Å². The number of piperidine rings is 3. The topological polar surface area (TPSA) is 15.3 Å². The molecule has 104 valence electrons. The van der Waals surface area contributed by atoms with Gasteiger partial charge < -0.3 is 10.2 Å². The molecule has 0 aromatic heterocycles. The maximum Gasteiger partial charge on any atom is 0.285 e. The van der Waals surface area contributed by atoms with Crippen LogP contribution in [0.1, 0.15) is 18.4 Å². The van der Waals surface area contributed by atoms with Crippen molar-refractivity contribution in [1.29, 1.82) is 0 Å². The van der Waals surface area contributed by atoms with Gasteiger partial charge in [0.2, 0.25) is 0 Å². The number of rotatable bonds is 4. The molecule has 2 nitrogen and oxygen atoms in total. The van der Waals surface area contributed by atoms with Gasteiger partial charge in [-0.25, -0.2) is 0 Å². The fraction of sp³-hybridized carbons (Fsp3) is 0.600. The van der Waals surface area contributed by atoms with Gasteiger partial charge in [-0.1, -0.05) is 30.3 Å². The van der Waals surface area contributed by atoms with Gasteiger partial charge in [-0.3, -0.25) is 0 Å². The van der Waals surface area contributed by atoms with Gasteiger partial charge in [-0.05, 0) is 31.8 Å². The second kappa shape index (κ2) is 5.17. The largest absolute Gasteiger partial charge is 0.307 e. The Hall–Kier alpha value is -1.00. The third kappa shape index (κ3) is 2.79. The summed E-state index contributed by atoms with van der Waals surface area (Å²) in [5.41, 5.74) is 0.101. The Morgan fingerprint density at radius 3 is 2.42 bits per heavy atom. The lowest BCUT2D eigenvalue weighted by Crippen LogP contribution is -2.57. The fourth-order valence-electron chi connectivity index (χ4n) is 3.24. The van der Waals surface area contributed by atoms with E-state index in [-0.39, 0.29) is 18.2 Å². The number of halogens is 2. The molecule has 3 aliphatic heterocycles. The molecule has 1 N–H and O–H groups in total. The minimum atomic E-state index is -2.78. The zero-order valence-corrected chi connectivity index (χ0v) is 11.0. The first-order chi connectivity index (χ1) is 9.15. The summed E-state index contributed by atoms with van der Waals surface area (Å²) in [5.74, 6) is -2.20. The highest BCUT2D eigenvalue weighted by Gasteiger charge is 2.37. The van der Waals surface area contributed by atoms with Crippen LogP contribution in [0.15, 0.2) is 30.3 Å². The van der Waals surface area contributed by atoms with Crippen LogP contribution < -0.4 is 5.32 Å². The van der Waals surface area contributed by atoms with Crippen LogP contribution in [-0.2, 0) is 5.92 Å². The highest BCUT2D eigenvalue weighted by molar-refractivity contribution is 5.20. The van der Waals surface area contributed by atoms with E-state index in [4.69, 9.17) is 0 Å². The molecule has 19 heavy (non-hydrogen) atoms. The van der Waals surface area contributed by atoms with E-state index >= 15 is 0 Å². The van der Waals surface area contributed by atoms with Crippen LogP contribution in [0.2, 0.25) is 0 Å². The number of fused-ring (bicyclic) bond motifs is 3. The molecule has 0 amide bonds. The van der Waals surface area contributed by atoms with Gasteiger partial charge in [-0.2, -0.15) is 8.78 Å². The summed E-state index contributed by atoms with van der Waals surface area (Å²) in [5, 5.41) is 3.10. The highest BCUT2D eigenvalue weighted by Crippen LogP contribution is 2.30. The van der Waals surface area contributed by atoms with E-state index in [1.807, 2.05) is 0 Å². The van der Waals surface area contributed by atoms with E-state index in [0.717, 1.165) is 32.5 Å². The molecule has 3 aliphatic rings. The third-order valence-corrected chi connectivity index (χ3v) is 4.44. The van der Waals surface area contributed by atoms with Crippen molar-refractivity contribution >= 4 is 0 Å². The number of benzene rings is 1. The predicted molar refractivity (Wildman–Crippen MR) is 71.3 cm³/mol. The van der Waals surface area contributed by atoms with Crippen LogP contribution in [0.5, 0.6) is 0 Å². The van der Waals surface area contributed by atoms with Gasteiger partial charge in [-0.15, -0.1) is 0 Å². The van der Waals surface area contributed by atoms with Crippen LogP contribution in [0, 0.1) is 5.92 Å². The van der Waals surface area contributed by atoms with Gasteiger partial charge in [0, 0.05) is 18.2 Å². The molecule has 3 fully saturated rings. The predicted octanol–water partition coefficient (Wildman–Crippen LogP) is 2.46. The van der Waals surface area contributed by atoms with E-state index in [1.165, 1.54) is 12.1 Å². The first-order valence-corrected chi connectivity index (χ1v) is 7.04. The molecule has 1 unspecified atom stereocenters. The van der Waals surface area contributed by atoms with Crippen molar-refractivity contribution in [3.8, 4) is 0 Å². The molecule has 3 heterocycles. The third-order valence-electron chi connectivity index (χ3n) is 4.44. The molecule has 4 rings (SSSR count). The van der Waals surface area contributed by atoms with Crippen LogP contribution >= 0.6 is 0 Å². The Balaban J connectivity index is 1.60. The second-order valence-electron chi connectivity index (χ2n) is 5.70. The van der Waals surface area contributed by atoms with Crippen LogP contribution in [-0.4, -0.2) is 37.1 Å². The summed E-state index contributed by atoms with van der Waals surface area (Å²) in [6, 6.07) is 8.32. The second-order valence-corrected chi connectivity index (χ2v) is 5.70. The molecule has 3 saturated heterocycles. The quantitative estimate of drug-likeness (QED) is 0.900. The molecular formula is C15H20F2N2. The molecule has 0 saturated carbocycles. The first-order valence-electron chi connectivity index (χ1n) is 7.04. The highest BCUT2D eigenvalue weighted by atomic mass is 19.3. The zero-order chi connectivity index (χ0) is 13.3. The average Bonchev–Trinajstić information content (AvgIpc) is 2.47. The summed E-state index contributed by atoms with van der Waals surface area (Å²) in [4.78, 5) is 2.37. The Labute approximate surface area is 112 Å². The standard InChI is InChI=1S/C15H20F2N2/c16-15(17,13-4-2-1-3-5-13)11-18-14-10-19-8-6-12(14)7-9-19/h1-5,12,14,18H,6-11H2. The maximum atomic E-state index is 14.1. The minimum absolute atomic E-state index is 0.101. The van der Waals surface area contributed by atoms with E-state index in [9.17, 15) is 8.78 Å². The van der Waals surface area contributed by atoms with Crippen molar-refractivity contribution in [3.05, 3.63) is 35.9 Å². The van der Waals surface area contributed by atoms with Gasteiger partial charge in [0.05, 0.1) is 6.54 Å². The lowest BCUT2D eigenvalue weighted by atomic mass is 9.84. The first kappa shape index (κ1) is 13.0. The van der Waals surface area contributed by atoms with Crippen molar-refractivity contribution in [2.75, 3.05) is 26.2 Å². The number of hydrogen-bond acceptors (Lipinski definition) is 2. The molecule has 0 aliphatic carbocycles. The van der Waals surface area contributed by atoms with Crippen molar-refractivity contribution < 1.29 is 8.78 Å². The Bertz CT molecular complexity index is 413. The Kier molecular flexibility index (Phi) is 3.54. The number of hydrogen-bond donors (Lipinski definition) is 1. The summed E-state index contributed by atoms with van der Waals surface area (Å²) in [7, 11) is 0. The smallest absolute Gasteiger partial charge is 0.285 e. The zero-order valence-electron chi connectivity index (χ0n) is 11.0. The molecule has 1 aromatic rings. The van der Waals surface area contributed by atoms with Crippen molar-refractivity contribution in [2.45, 2.75) is 24.8 Å². The van der Waals surface area contributed by atoms with Gasteiger partial charge >= 0.3 is 0 Å². The molecule has 2 bridgehead atoms. The lowest BCUT2D eigenvalue weighted by molar-refractivity contribution is -0.0168. The maximum absolute atomic E-state index is 14.1. The molecule has 0 spiro atoms. The molecule has 0 radical (unpaired) electrons. The van der Waals surface area contributed by atoms with Gasteiger partial charge in [0.25, 0.3) is 5.92 Å². The van der Waals surface area contributed by atoms with Gasteiger partial charge in [0.15, 0.2) is 0 Å². The Morgan fingerprint density at radius 1 is 1.16 bits per heavy atom. The molecule has 1 atom stereocenters.